The number of aromatic nitrogens is 5. The first kappa shape index (κ1) is 33.7. The number of alkyl halides is 3. The zero-order chi connectivity index (χ0) is 34.6. The summed E-state index contributed by atoms with van der Waals surface area (Å²) in [6, 6.07) is 15.0. The lowest BCUT2D eigenvalue weighted by Crippen LogP contribution is -2.53. The number of nitrogens with one attached hydrogen (secondary N) is 2. The molecule has 1 saturated carbocycles. The predicted molar refractivity (Wildman–Crippen MR) is 176 cm³/mol. The van der Waals surface area contributed by atoms with Gasteiger partial charge in [0.15, 0.2) is 11.4 Å². The molecule has 2 fully saturated rings. The van der Waals surface area contributed by atoms with Crippen LogP contribution in [0.4, 0.5) is 35.5 Å². The SMILES string of the molecule is Cn1cc(-c2ccc(N(C(=O)NCc3ccccc3)[C@H]3CC[C@H](Nc4ncc(C#N)c(N5CCC(O)(C(F)(F)F)CC5)n4)CC3)nc2)cn1. The molecule has 0 spiro atoms. The van der Waals surface area contributed by atoms with Gasteiger partial charge in [-0.2, -0.15) is 28.5 Å². The Morgan fingerprint density at radius 1 is 1.04 bits per heavy atom. The molecule has 0 unspecified atom stereocenters. The number of hydrogen-bond acceptors (Lipinski definition) is 9. The lowest BCUT2D eigenvalue weighted by molar-refractivity contribution is -0.266. The lowest BCUT2D eigenvalue weighted by Gasteiger charge is -2.39. The molecule has 0 radical (unpaired) electrons. The minimum atomic E-state index is -4.73. The molecule has 3 N–H and O–H groups in total. The van der Waals surface area contributed by atoms with Gasteiger partial charge in [0.25, 0.3) is 0 Å². The highest BCUT2D eigenvalue weighted by atomic mass is 19.4. The predicted octanol–water partition coefficient (Wildman–Crippen LogP) is 5.18. The maximum absolute atomic E-state index is 13.7. The third-order valence-electron chi connectivity index (χ3n) is 9.24. The van der Waals surface area contributed by atoms with Gasteiger partial charge in [0, 0.05) is 75.1 Å². The molecule has 4 heterocycles. The number of pyridine rings is 1. The Balaban J connectivity index is 1.13. The maximum Gasteiger partial charge on any atom is 0.417 e. The standard InChI is InChI=1S/C34H37F3N10O2/c1-45-22-26(21-42-45)24-7-12-29(39-19-24)47(32(48)41-18-23-5-3-2-4-6-23)28-10-8-27(9-11-28)43-31-40-20-25(17-38)30(44-31)46-15-13-33(49,14-16-46)34(35,36)37/h2-7,12,19-22,27-28,49H,8-11,13-16,18H2,1H3,(H,41,48)(H,40,43,44)/t27-,28-. The molecular weight excluding hydrogens is 637 g/mol. The number of nitriles is 1. The summed E-state index contributed by atoms with van der Waals surface area (Å²) >= 11 is 0. The van der Waals surface area contributed by atoms with Gasteiger partial charge in [0.1, 0.15) is 17.5 Å². The smallest absolute Gasteiger partial charge is 0.380 e. The van der Waals surface area contributed by atoms with E-state index in [0.29, 0.717) is 38.0 Å². The Kier molecular flexibility index (Phi) is 9.68. The van der Waals surface area contributed by atoms with Crippen LogP contribution in [0.3, 0.4) is 0 Å². The Morgan fingerprint density at radius 3 is 2.39 bits per heavy atom. The van der Waals surface area contributed by atoms with Crippen molar-refractivity contribution in [1.29, 1.82) is 5.26 Å². The summed E-state index contributed by atoms with van der Waals surface area (Å²) in [5, 5.41) is 30.3. The van der Waals surface area contributed by atoms with Gasteiger partial charge >= 0.3 is 12.2 Å². The number of anilines is 3. The Hall–Kier alpha value is -5.23. The summed E-state index contributed by atoms with van der Waals surface area (Å²) in [6.45, 7) is 0.156. The second kappa shape index (κ2) is 14.1. The quantitative estimate of drug-likeness (QED) is 0.230. The van der Waals surface area contributed by atoms with E-state index in [1.807, 2.05) is 61.8 Å². The van der Waals surface area contributed by atoms with E-state index < -0.39 is 24.6 Å². The fourth-order valence-corrected chi connectivity index (χ4v) is 6.38. The van der Waals surface area contributed by atoms with Gasteiger partial charge < -0.3 is 20.6 Å². The van der Waals surface area contributed by atoms with Crippen LogP contribution in [0, 0.1) is 11.3 Å². The minimum absolute atomic E-state index is 0.0381. The Morgan fingerprint density at radius 2 is 1.78 bits per heavy atom. The van der Waals surface area contributed by atoms with Crippen LogP contribution in [0.25, 0.3) is 11.1 Å². The number of aryl methyl sites for hydroxylation is 1. The summed E-state index contributed by atoms with van der Waals surface area (Å²) in [7, 11) is 1.85. The number of benzene rings is 1. The molecule has 1 saturated heterocycles. The summed E-state index contributed by atoms with van der Waals surface area (Å²) in [5.41, 5.74) is 0.171. The summed E-state index contributed by atoms with van der Waals surface area (Å²) < 4.78 is 41.8. The summed E-state index contributed by atoms with van der Waals surface area (Å²) in [4.78, 5) is 30.5. The molecule has 2 amide bonds. The van der Waals surface area contributed by atoms with Crippen molar-refractivity contribution < 1.29 is 23.1 Å². The number of hydrogen-bond donors (Lipinski definition) is 3. The highest BCUT2D eigenvalue weighted by Gasteiger charge is 2.54. The molecule has 3 aromatic heterocycles. The van der Waals surface area contributed by atoms with E-state index in [2.05, 4.69) is 30.7 Å². The van der Waals surface area contributed by atoms with Gasteiger partial charge in [-0.05, 0) is 43.4 Å². The molecule has 2 aliphatic rings. The topological polar surface area (TPSA) is 148 Å². The molecule has 0 bridgehead atoms. The number of urea groups is 1. The van der Waals surface area contributed by atoms with E-state index in [0.717, 1.165) is 16.7 Å². The molecule has 1 aromatic carbocycles. The van der Waals surface area contributed by atoms with Gasteiger partial charge in [-0.25, -0.2) is 14.8 Å². The second-order valence-electron chi connectivity index (χ2n) is 12.5. The van der Waals surface area contributed by atoms with Crippen LogP contribution >= 0.6 is 0 Å². The number of carbonyl (C=O) groups excluding carboxylic acids is 1. The number of piperidine rings is 1. The number of carbonyl (C=O) groups is 1. The first-order chi connectivity index (χ1) is 23.5. The van der Waals surface area contributed by atoms with E-state index in [1.54, 1.807) is 26.9 Å². The van der Waals surface area contributed by atoms with E-state index in [1.165, 1.54) is 6.20 Å². The number of halogens is 3. The van der Waals surface area contributed by atoms with Gasteiger partial charge in [-0.15, -0.1) is 0 Å². The highest BCUT2D eigenvalue weighted by Crippen LogP contribution is 2.39. The number of rotatable bonds is 8. The summed E-state index contributed by atoms with van der Waals surface area (Å²) in [5.74, 6) is 1.04. The lowest BCUT2D eigenvalue weighted by atomic mass is 9.90. The maximum atomic E-state index is 13.7. The molecule has 12 nitrogen and oxygen atoms in total. The van der Waals surface area contributed by atoms with Gasteiger partial charge in [-0.3, -0.25) is 9.58 Å². The van der Waals surface area contributed by atoms with Gasteiger partial charge in [0.05, 0.1) is 12.4 Å². The average Bonchev–Trinajstić information content (AvgIpc) is 3.55. The van der Waals surface area contributed by atoms with Crippen molar-refractivity contribution in [2.75, 3.05) is 28.2 Å². The zero-order valence-electron chi connectivity index (χ0n) is 26.9. The zero-order valence-corrected chi connectivity index (χ0v) is 26.9. The van der Waals surface area contributed by atoms with Crippen LogP contribution in [-0.2, 0) is 13.6 Å². The van der Waals surface area contributed by atoms with Crippen molar-refractivity contribution >= 4 is 23.6 Å². The largest absolute Gasteiger partial charge is 0.417 e. The van der Waals surface area contributed by atoms with Crippen LogP contribution in [-0.4, -0.2) is 72.8 Å². The van der Waals surface area contributed by atoms with Crippen LogP contribution < -0.4 is 20.4 Å². The van der Waals surface area contributed by atoms with Crippen LogP contribution in [0.2, 0.25) is 0 Å². The van der Waals surface area contributed by atoms with Crippen molar-refractivity contribution in [2.45, 2.75) is 68.9 Å². The second-order valence-corrected chi connectivity index (χ2v) is 12.5. The fraction of sp³-hybridized carbons (Fsp3) is 0.412. The van der Waals surface area contributed by atoms with E-state index in [9.17, 15) is 28.3 Å². The van der Waals surface area contributed by atoms with Crippen LogP contribution in [0.15, 0.2) is 67.3 Å². The number of amides is 2. The third-order valence-corrected chi connectivity index (χ3v) is 9.24. The monoisotopic (exact) mass is 674 g/mol. The Bertz CT molecular complexity index is 1780. The molecule has 4 aromatic rings. The van der Waals surface area contributed by atoms with Crippen molar-refractivity contribution in [1.82, 2.24) is 30.0 Å². The molecule has 6 rings (SSSR count). The molecular formula is C34H37F3N10O2. The molecule has 1 aliphatic heterocycles. The fourth-order valence-electron chi connectivity index (χ4n) is 6.38. The number of nitrogens with zero attached hydrogens (tertiary/aromatic N) is 8. The van der Waals surface area contributed by atoms with E-state index in [-0.39, 0.29) is 48.5 Å². The third kappa shape index (κ3) is 7.59. The van der Waals surface area contributed by atoms with E-state index >= 15 is 0 Å². The van der Waals surface area contributed by atoms with Crippen LogP contribution in [0.5, 0.6) is 0 Å². The van der Waals surface area contributed by atoms with Gasteiger partial charge in [-0.1, -0.05) is 30.3 Å². The average molecular weight is 675 g/mol. The molecule has 1 aliphatic carbocycles. The van der Waals surface area contributed by atoms with Gasteiger partial charge in [0.2, 0.25) is 5.95 Å². The molecule has 0 atom stereocenters. The van der Waals surface area contributed by atoms with Crippen molar-refractivity contribution in [2.24, 2.45) is 7.05 Å². The first-order valence-corrected chi connectivity index (χ1v) is 16.2. The molecule has 49 heavy (non-hydrogen) atoms. The van der Waals surface area contributed by atoms with Crippen LogP contribution in [0.1, 0.15) is 49.7 Å². The van der Waals surface area contributed by atoms with Crippen molar-refractivity contribution in [3.63, 3.8) is 0 Å². The van der Waals surface area contributed by atoms with Crippen molar-refractivity contribution in [3.05, 3.63) is 78.4 Å². The van der Waals surface area contributed by atoms with E-state index in [4.69, 9.17) is 0 Å². The molecule has 15 heteroatoms. The first-order valence-electron chi connectivity index (χ1n) is 16.2. The normalized spacial score (nSPS) is 19.1. The number of aliphatic hydroxyl groups is 1. The summed E-state index contributed by atoms with van der Waals surface area (Å²) in [6.07, 6.45) is 3.68. The minimum Gasteiger partial charge on any atom is -0.380 e. The Labute approximate surface area is 281 Å². The van der Waals surface area contributed by atoms with Crippen molar-refractivity contribution in [3.8, 4) is 17.2 Å². The molecule has 256 valence electrons. The highest BCUT2D eigenvalue weighted by molar-refractivity contribution is 5.91.